The summed E-state index contributed by atoms with van der Waals surface area (Å²) in [6.45, 7) is 5.98. The quantitative estimate of drug-likeness (QED) is 0.790. The summed E-state index contributed by atoms with van der Waals surface area (Å²) in [6.07, 6.45) is 3.82. The molecule has 1 aromatic carbocycles. The van der Waals surface area contributed by atoms with Gasteiger partial charge in [-0.3, -0.25) is 0 Å². The third-order valence-corrected chi connectivity index (χ3v) is 4.29. The molecule has 1 aliphatic carbocycles. The summed E-state index contributed by atoms with van der Waals surface area (Å²) < 4.78 is 5.62. The van der Waals surface area contributed by atoms with E-state index >= 15 is 0 Å². The molecule has 1 aromatic rings. The Morgan fingerprint density at radius 1 is 1.38 bits per heavy atom. The molecular formula is C17H25NO3. The molecule has 0 radical (unpaired) electrons. The van der Waals surface area contributed by atoms with Crippen LogP contribution in [0.5, 0.6) is 5.75 Å². The van der Waals surface area contributed by atoms with Crippen LogP contribution in [0.2, 0.25) is 0 Å². The van der Waals surface area contributed by atoms with Crippen molar-refractivity contribution in [3.8, 4) is 5.75 Å². The van der Waals surface area contributed by atoms with Gasteiger partial charge < -0.3 is 15.2 Å². The minimum absolute atomic E-state index is 0.260. The average Bonchev–Trinajstić information content (AvgIpc) is 2.45. The fourth-order valence-electron chi connectivity index (χ4n) is 3.10. The Morgan fingerprint density at radius 2 is 2.19 bits per heavy atom. The topological polar surface area (TPSA) is 58.6 Å². The van der Waals surface area contributed by atoms with Crippen LogP contribution in [0.25, 0.3) is 0 Å². The minimum Gasteiger partial charge on any atom is -0.492 e. The molecule has 1 saturated carbocycles. The summed E-state index contributed by atoms with van der Waals surface area (Å²) in [5.41, 5.74) is 0.260. The van der Waals surface area contributed by atoms with Crippen LogP contribution >= 0.6 is 0 Å². The van der Waals surface area contributed by atoms with Crippen molar-refractivity contribution in [3.05, 3.63) is 29.8 Å². The molecule has 116 valence electrons. The van der Waals surface area contributed by atoms with Crippen molar-refractivity contribution in [2.24, 2.45) is 11.8 Å². The van der Waals surface area contributed by atoms with Crippen LogP contribution in [0.4, 0.5) is 0 Å². The van der Waals surface area contributed by atoms with Crippen molar-refractivity contribution in [1.29, 1.82) is 0 Å². The summed E-state index contributed by atoms with van der Waals surface area (Å²) >= 11 is 0. The Morgan fingerprint density at radius 3 is 2.90 bits per heavy atom. The van der Waals surface area contributed by atoms with E-state index in [1.807, 2.05) is 0 Å². The summed E-state index contributed by atoms with van der Waals surface area (Å²) in [4.78, 5) is 10.9. The van der Waals surface area contributed by atoms with Gasteiger partial charge in [-0.1, -0.05) is 19.9 Å². The first kappa shape index (κ1) is 15.8. The van der Waals surface area contributed by atoms with Gasteiger partial charge in [0.15, 0.2) is 0 Å². The number of hydrogen-bond donors (Lipinski definition) is 2. The molecule has 4 heteroatoms. The van der Waals surface area contributed by atoms with Crippen LogP contribution < -0.4 is 10.1 Å². The second kappa shape index (κ2) is 7.46. The first-order valence-corrected chi connectivity index (χ1v) is 7.76. The minimum atomic E-state index is -0.927. The monoisotopic (exact) mass is 291 g/mol. The third kappa shape index (κ3) is 4.74. The lowest BCUT2D eigenvalue weighted by Gasteiger charge is -2.33. The molecule has 0 aromatic heterocycles. The Bertz CT molecular complexity index is 475. The van der Waals surface area contributed by atoms with Gasteiger partial charge in [-0.15, -0.1) is 0 Å². The first-order chi connectivity index (χ1) is 10.1. The number of nitrogens with one attached hydrogen (secondary N) is 1. The molecule has 2 rings (SSSR count). The fourth-order valence-corrected chi connectivity index (χ4v) is 3.10. The highest BCUT2D eigenvalue weighted by atomic mass is 16.5. The zero-order valence-electron chi connectivity index (χ0n) is 12.8. The van der Waals surface area contributed by atoms with Crippen molar-refractivity contribution in [2.75, 3.05) is 13.2 Å². The van der Waals surface area contributed by atoms with Gasteiger partial charge in [0, 0.05) is 12.6 Å². The van der Waals surface area contributed by atoms with E-state index in [9.17, 15) is 4.79 Å². The molecule has 0 spiro atoms. The van der Waals surface area contributed by atoms with Gasteiger partial charge in [-0.25, -0.2) is 4.79 Å². The predicted molar refractivity (Wildman–Crippen MR) is 82.9 cm³/mol. The molecule has 4 nitrogen and oxygen atoms in total. The lowest BCUT2D eigenvalue weighted by molar-refractivity contribution is 0.0696. The zero-order chi connectivity index (χ0) is 15.2. The predicted octanol–water partition coefficient (Wildman–Crippen LogP) is 3.18. The van der Waals surface area contributed by atoms with Gasteiger partial charge in [0.2, 0.25) is 0 Å². The van der Waals surface area contributed by atoms with E-state index in [2.05, 4.69) is 19.2 Å². The summed E-state index contributed by atoms with van der Waals surface area (Å²) in [7, 11) is 0. The van der Waals surface area contributed by atoms with Crippen molar-refractivity contribution in [1.82, 2.24) is 5.32 Å². The summed E-state index contributed by atoms with van der Waals surface area (Å²) in [6, 6.07) is 7.20. The molecule has 0 amide bonds. The van der Waals surface area contributed by atoms with E-state index in [1.54, 1.807) is 24.3 Å². The second-order valence-corrected chi connectivity index (χ2v) is 6.14. The van der Waals surface area contributed by atoms with Crippen LogP contribution in [0, 0.1) is 11.8 Å². The molecule has 1 aliphatic rings. The average molecular weight is 291 g/mol. The second-order valence-electron chi connectivity index (χ2n) is 6.14. The van der Waals surface area contributed by atoms with E-state index in [4.69, 9.17) is 9.84 Å². The highest BCUT2D eigenvalue weighted by Gasteiger charge is 2.24. The SMILES string of the molecule is CC1CCC(NCCOc2cccc(C(=O)O)c2)C(C)C1. The highest BCUT2D eigenvalue weighted by Crippen LogP contribution is 2.28. The molecule has 21 heavy (non-hydrogen) atoms. The lowest BCUT2D eigenvalue weighted by Crippen LogP contribution is -2.40. The first-order valence-electron chi connectivity index (χ1n) is 7.76. The summed E-state index contributed by atoms with van der Waals surface area (Å²) in [5, 5.41) is 12.5. The number of carbonyl (C=O) groups is 1. The van der Waals surface area contributed by atoms with Gasteiger partial charge in [0.1, 0.15) is 12.4 Å². The largest absolute Gasteiger partial charge is 0.492 e. The van der Waals surface area contributed by atoms with E-state index < -0.39 is 5.97 Å². The van der Waals surface area contributed by atoms with Crippen molar-refractivity contribution in [2.45, 2.75) is 39.2 Å². The van der Waals surface area contributed by atoms with Crippen LogP contribution in [-0.2, 0) is 0 Å². The van der Waals surface area contributed by atoms with E-state index in [0.29, 0.717) is 24.3 Å². The van der Waals surface area contributed by atoms with Gasteiger partial charge >= 0.3 is 5.97 Å². The van der Waals surface area contributed by atoms with Gasteiger partial charge in [-0.2, -0.15) is 0 Å². The molecule has 3 atom stereocenters. The Hall–Kier alpha value is -1.55. The van der Waals surface area contributed by atoms with Crippen LogP contribution in [0.1, 0.15) is 43.5 Å². The van der Waals surface area contributed by atoms with E-state index in [0.717, 1.165) is 12.5 Å². The van der Waals surface area contributed by atoms with Gasteiger partial charge in [-0.05, 0) is 49.3 Å². The number of hydrogen-bond acceptors (Lipinski definition) is 3. The van der Waals surface area contributed by atoms with E-state index in [-0.39, 0.29) is 5.56 Å². The van der Waals surface area contributed by atoms with Crippen LogP contribution in [0.3, 0.4) is 0 Å². The highest BCUT2D eigenvalue weighted by molar-refractivity contribution is 5.87. The van der Waals surface area contributed by atoms with E-state index in [1.165, 1.54) is 19.3 Å². The number of benzene rings is 1. The standard InChI is InChI=1S/C17H25NO3/c1-12-6-7-16(13(2)10-12)18-8-9-21-15-5-3-4-14(11-15)17(19)20/h3-5,11-13,16,18H,6-10H2,1-2H3,(H,19,20). The molecule has 1 fully saturated rings. The number of ether oxygens (including phenoxy) is 1. The van der Waals surface area contributed by atoms with Crippen molar-refractivity contribution in [3.63, 3.8) is 0 Å². The molecular weight excluding hydrogens is 266 g/mol. The van der Waals surface area contributed by atoms with Crippen molar-refractivity contribution < 1.29 is 14.6 Å². The molecule has 2 N–H and O–H groups in total. The Kier molecular flexibility index (Phi) is 5.62. The Balaban J connectivity index is 1.72. The number of carboxylic acid groups (broad SMARTS) is 1. The maximum absolute atomic E-state index is 10.9. The molecule has 0 heterocycles. The Labute approximate surface area is 126 Å². The third-order valence-electron chi connectivity index (χ3n) is 4.29. The molecule has 0 aliphatic heterocycles. The molecule has 0 bridgehead atoms. The van der Waals surface area contributed by atoms with Crippen molar-refractivity contribution >= 4 is 5.97 Å². The normalized spacial score (nSPS) is 25.5. The zero-order valence-corrected chi connectivity index (χ0v) is 12.8. The van der Waals surface area contributed by atoms with Gasteiger partial charge in [0.05, 0.1) is 5.56 Å². The molecule has 0 saturated heterocycles. The summed E-state index contributed by atoms with van der Waals surface area (Å²) in [5.74, 6) is 1.24. The smallest absolute Gasteiger partial charge is 0.335 e. The maximum Gasteiger partial charge on any atom is 0.335 e. The van der Waals surface area contributed by atoms with Crippen LogP contribution in [0.15, 0.2) is 24.3 Å². The lowest BCUT2D eigenvalue weighted by atomic mass is 9.80. The van der Waals surface area contributed by atoms with Gasteiger partial charge in [0.25, 0.3) is 0 Å². The molecule has 3 unspecified atom stereocenters. The fraction of sp³-hybridized carbons (Fsp3) is 0.588. The number of aromatic carboxylic acids is 1. The maximum atomic E-state index is 10.9. The van der Waals surface area contributed by atoms with Crippen LogP contribution in [-0.4, -0.2) is 30.3 Å². The number of rotatable bonds is 6. The number of carboxylic acids is 1.